The lowest BCUT2D eigenvalue weighted by atomic mass is 10.2. The molecule has 2 aromatic rings. The molecule has 8 heteroatoms. The summed E-state index contributed by atoms with van der Waals surface area (Å²) in [5, 5.41) is 2.66. The van der Waals surface area contributed by atoms with Crippen molar-refractivity contribution in [2.24, 2.45) is 0 Å². The van der Waals surface area contributed by atoms with Crippen LogP contribution in [0.15, 0.2) is 40.6 Å². The summed E-state index contributed by atoms with van der Waals surface area (Å²) in [6.07, 6.45) is 0. The molecule has 136 valence electrons. The van der Waals surface area contributed by atoms with E-state index >= 15 is 0 Å². The summed E-state index contributed by atoms with van der Waals surface area (Å²) < 4.78 is 32.2. The van der Waals surface area contributed by atoms with E-state index < -0.39 is 10.0 Å². The highest BCUT2D eigenvalue weighted by Crippen LogP contribution is 2.24. The van der Waals surface area contributed by atoms with Crippen molar-refractivity contribution >= 4 is 27.3 Å². The maximum atomic E-state index is 12.6. The number of nitrogens with one attached hydrogen (secondary N) is 1. The van der Waals surface area contributed by atoms with Gasteiger partial charge in [-0.25, -0.2) is 8.42 Å². The Labute approximate surface area is 152 Å². The third kappa shape index (κ3) is 5.55. The molecule has 0 aliphatic carbocycles. The summed E-state index contributed by atoms with van der Waals surface area (Å²) in [5.41, 5.74) is 1.14. The average Bonchev–Trinajstić information content (AvgIpc) is 3.04. The van der Waals surface area contributed by atoms with Gasteiger partial charge in [-0.2, -0.15) is 4.31 Å². The molecule has 1 N–H and O–H groups in total. The van der Waals surface area contributed by atoms with E-state index in [1.54, 1.807) is 12.1 Å². The molecule has 0 atom stereocenters. The van der Waals surface area contributed by atoms with Crippen molar-refractivity contribution in [3.8, 4) is 5.75 Å². The molecule has 0 unspecified atom stereocenters. The zero-order valence-electron chi connectivity index (χ0n) is 14.5. The number of sulfonamides is 1. The van der Waals surface area contributed by atoms with E-state index in [0.29, 0.717) is 12.3 Å². The highest BCUT2D eigenvalue weighted by atomic mass is 32.2. The molecule has 0 radical (unpaired) electrons. The van der Waals surface area contributed by atoms with Gasteiger partial charge in [0, 0.05) is 25.4 Å². The van der Waals surface area contributed by atoms with Crippen LogP contribution in [-0.2, 0) is 21.4 Å². The van der Waals surface area contributed by atoms with Crippen LogP contribution in [0.3, 0.4) is 0 Å². The number of aryl methyl sites for hydroxylation is 1. The van der Waals surface area contributed by atoms with E-state index in [9.17, 15) is 13.2 Å². The molecule has 1 amide bonds. The molecular formula is C17H22N2O4S2. The Morgan fingerprint density at radius 1 is 1.20 bits per heavy atom. The number of amides is 1. The largest absolute Gasteiger partial charge is 0.492 e. The van der Waals surface area contributed by atoms with E-state index in [-0.39, 0.29) is 23.3 Å². The summed E-state index contributed by atoms with van der Waals surface area (Å²) in [6, 6.07) is 10.9. The van der Waals surface area contributed by atoms with Crippen LogP contribution in [-0.4, -0.2) is 38.8 Å². The molecular weight excluding hydrogens is 360 g/mol. The molecule has 6 nitrogen and oxygen atoms in total. The van der Waals surface area contributed by atoms with Gasteiger partial charge in [-0.1, -0.05) is 17.7 Å². The number of likely N-dealkylation sites (N-methyl/N-ethyl adjacent to an activating group) is 1. The molecule has 0 saturated heterocycles. The zero-order chi connectivity index (χ0) is 18.4. The Morgan fingerprint density at radius 3 is 2.52 bits per heavy atom. The Morgan fingerprint density at radius 2 is 1.88 bits per heavy atom. The lowest BCUT2D eigenvalue weighted by Crippen LogP contribution is -2.30. The number of hydrogen-bond acceptors (Lipinski definition) is 5. The maximum absolute atomic E-state index is 12.6. The van der Waals surface area contributed by atoms with E-state index in [1.807, 2.05) is 31.2 Å². The number of ether oxygens (including phenoxy) is 1. The Balaban J connectivity index is 1.91. The Hall–Kier alpha value is -1.90. The molecule has 0 aliphatic rings. The molecule has 1 aromatic heterocycles. The first kappa shape index (κ1) is 19.4. The summed E-state index contributed by atoms with van der Waals surface area (Å²) in [7, 11) is -2.03. The van der Waals surface area contributed by atoms with Crippen LogP contribution in [0.1, 0.15) is 17.4 Å². The smallest absolute Gasteiger partial charge is 0.252 e. The van der Waals surface area contributed by atoms with E-state index in [2.05, 4.69) is 5.32 Å². The van der Waals surface area contributed by atoms with Crippen molar-refractivity contribution in [2.45, 2.75) is 24.6 Å². The minimum atomic E-state index is -3.56. The second-order valence-corrected chi connectivity index (χ2v) is 9.06. The molecule has 1 heterocycles. The summed E-state index contributed by atoms with van der Waals surface area (Å²) in [4.78, 5) is 11.7. The first-order chi connectivity index (χ1) is 11.8. The fourth-order valence-electron chi connectivity index (χ4n) is 2.00. The number of benzene rings is 1. The van der Waals surface area contributed by atoms with E-state index in [1.165, 1.54) is 18.3 Å². The minimum absolute atomic E-state index is 0.150. The number of rotatable bonds is 8. The van der Waals surface area contributed by atoms with Crippen LogP contribution in [0.4, 0.5) is 0 Å². The van der Waals surface area contributed by atoms with E-state index in [0.717, 1.165) is 21.8 Å². The fraction of sp³-hybridized carbons (Fsp3) is 0.353. The molecule has 0 spiro atoms. The van der Waals surface area contributed by atoms with Gasteiger partial charge in [-0.15, -0.1) is 11.3 Å². The molecule has 25 heavy (non-hydrogen) atoms. The predicted molar refractivity (Wildman–Crippen MR) is 98.3 cm³/mol. The topological polar surface area (TPSA) is 75.7 Å². The summed E-state index contributed by atoms with van der Waals surface area (Å²) in [6.45, 7) is 4.26. The van der Waals surface area contributed by atoms with Crippen LogP contribution in [0, 0.1) is 6.92 Å². The van der Waals surface area contributed by atoms with Crippen LogP contribution < -0.4 is 10.1 Å². The monoisotopic (exact) mass is 382 g/mol. The number of carbonyl (C=O) groups excluding carboxylic acids is 1. The standard InChI is InChI=1S/C17H22N2O4S2/c1-13-4-6-15(7-5-13)23-11-10-19(3)25(21,22)17-9-8-16(24-17)12-18-14(2)20/h4-9H,10-12H2,1-3H3,(H,18,20). The van der Waals surface area contributed by atoms with Crippen LogP contribution >= 0.6 is 11.3 Å². The van der Waals surface area contributed by atoms with Gasteiger partial charge in [-0.3, -0.25) is 4.79 Å². The second-order valence-electron chi connectivity index (χ2n) is 5.62. The molecule has 0 bridgehead atoms. The molecule has 0 aliphatic heterocycles. The van der Waals surface area contributed by atoms with Crippen molar-refractivity contribution in [3.63, 3.8) is 0 Å². The molecule has 0 fully saturated rings. The van der Waals surface area contributed by atoms with Crippen LogP contribution in [0.2, 0.25) is 0 Å². The number of carbonyl (C=O) groups is 1. The highest BCUT2D eigenvalue weighted by molar-refractivity contribution is 7.91. The van der Waals surface area contributed by atoms with Crippen molar-refractivity contribution in [3.05, 3.63) is 46.8 Å². The zero-order valence-corrected chi connectivity index (χ0v) is 16.1. The first-order valence-electron chi connectivity index (χ1n) is 7.78. The highest BCUT2D eigenvalue weighted by Gasteiger charge is 2.22. The maximum Gasteiger partial charge on any atom is 0.252 e. The van der Waals surface area contributed by atoms with Gasteiger partial charge in [0.05, 0.1) is 6.54 Å². The number of nitrogens with zero attached hydrogens (tertiary/aromatic N) is 1. The van der Waals surface area contributed by atoms with Gasteiger partial charge >= 0.3 is 0 Å². The Bertz CT molecular complexity index is 813. The normalized spacial score (nSPS) is 11.5. The second kappa shape index (κ2) is 8.46. The SMILES string of the molecule is CC(=O)NCc1ccc(S(=O)(=O)N(C)CCOc2ccc(C)cc2)s1. The van der Waals surface area contributed by atoms with Gasteiger partial charge in [0.1, 0.15) is 16.6 Å². The van der Waals surface area contributed by atoms with Crippen LogP contribution in [0.5, 0.6) is 5.75 Å². The lowest BCUT2D eigenvalue weighted by Gasteiger charge is -2.16. The average molecular weight is 383 g/mol. The first-order valence-corrected chi connectivity index (χ1v) is 10.0. The van der Waals surface area contributed by atoms with E-state index in [4.69, 9.17) is 4.74 Å². The van der Waals surface area contributed by atoms with Gasteiger partial charge in [0.15, 0.2) is 0 Å². The minimum Gasteiger partial charge on any atom is -0.492 e. The number of hydrogen-bond donors (Lipinski definition) is 1. The van der Waals surface area contributed by atoms with Crippen molar-refractivity contribution in [2.75, 3.05) is 20.2 Å². The summed E-state index contributed by atoms with van der Waals surface area (Å²) in [5.74, 6) is 0.563. The number of thiophene rings is 1. The third-order valence-corrected chi connectivity index (χ3v) is 6.92. The Kier molecular flexibility index (Phi) is 6.57. The van der Waals surface area contributed by atoms with Gasteiger partial charge < -0.3 is 10.1 Å². The van der Waals surface area contributed by atoms with Crippen molar-refractivity contribution in [1.82, 2.24) is 9.62 Å². The predicted octanol–water partition coefficient (Wildman–Crippen LogP) is 2.39. The lowest BCUT2D eigenvalue weighted by molar-refractivity contribution is -0.119. The summed E-state index contributed by atoms with van der Waals surface area (Å²) >= 11 is 1.16. The molecule has 1 aromatic carbocycles. The molecule has 0 saturated carbocycles. The quantitative estimate of drug-likeness (QED) is 0.761. The fourth-order valence-corrected chi connectivity index (χ4v) is 4.66. The van der Waals surface area contributed by atoms with Crippen molar-refractivity contribution in [1.29, 1.82) is 0 Å². The van der Waals surface area contributed by atoms with Crippen molar-refractivity contribution < 1.29 is 17.9 Å². The van der Waals surface area contributed by atoms with Crippen LogP contribution in [0.25, 0.3) is 0 Å². The molecule has 2 rings (SSSR count). The van der Waals surface area contributed by atoms with Gasteiger partial charge in [0.25, 0.3) is 10.0 Å². The van der Waals surface area contributed by atoms with Gasteiger partial charge in [0.2, 0.25) is 5.91 Å². The van der Waals surface area contributed by atoms with Gasteiger partial charge in [-0.05, 0) is 31.2 Å². The third-order valence-electron chi connectivity index (χ3n) is 3.51.